The lowest BCUT2D eigenvalue weighted by Crippen LogP contribution is -2.25. The van der Waals surface area contributed by atoms with E-state index in [0.717, 1.165) is 18.7 Å². The number of halogens is 1. The van der Waals surface area contributed by atoms with Gasteiger partial charge < -0.3 is 0 Å². The molecule has 0 atom stereocenters. The third-order valence-electron chi connectivity index (χ3n) is 2.56. The van der Waals surface area contributed by atoms with Crippen LogP contribution in [-0.4, -0.2) is 19.1 Å². The molecule has 2 aromatic rings. The van der Waals surface area contributed by atoms with Gasteiger partial charge in [0, 0.05) is 24.6 Å². The summed E-state index contributed by atoms with van der Waals surface area (Å²) in [5.74, 6) is 0.552. The Morgan fingerprint density at radius 2 is 2.00 bits per heavy atom. The second-order valence-electron chi connectivity index (χ2n) is 4.15. The van der Waals surface area contributed by atoms with Crippen LogP contribution in [0.1, 0.15) is 24.9 Å². The average molecular weight is 267 g/mol. The Morgan fingerprint density at radius 3 is 2.67 bits per heavy atom. The molecule has 0 unspecified atom stereocenters. The van der Waals surface area contributed by atoms with E-state index in [1.54, 1.807) is 27.6 Å². The maximum Gasteiger partial charge on any atom is 0.328 e. The van der Waals surface area contributed by atoms with E-state index in [0.29, 0.717) is 17.5 Å². The normalized spacial score (nSPS) is 10.8. The topological polar surface area (TPSA) is 52.7 Å². The van der Waals surface area contributed by atoms with E-state index in [1.165, 1.54) is 0 Å². The number of nitrogens with zero attached hydrogens (tertiary/aromatic N) is 4. The molecule has 0 fully saturated rings. The van der Waals surface area contributed by atoms with Gasteiger partial charge in [0.25, 0.3) is 0 Å². The molecule has 18 heavy (non-hydrogen) atoms. The first kappa shape index (κ1) is 12.8. The van der Waals surface area contributed by atoms with Gasteiger partial charge in [0.05, 0.1) is 6.54 Å². The lowest BCUT2D eigenvalue weighted by molar-refractivity contribution is 0.616. The van der Waals surface area contributed by atoms with Crippen molar-refractivity contribution < 1.29 is 0 Å². The molecule has 0 spiro atoms. The maximum atomic E-state index is 12.0. The van der Waals surface area contributed by atoms with E-state index in [2.05, 4.69) is 9.97 Å². The van der Waals surface area contributed by atoms with Crippen molar-refractivity contribution >= 4 is 11.6 Å². The smallest absolute Gasteiger partial charge is 0.299 e. The molecule has 6 heteroatoms. The molecule has 0 saturated heterocycles. The highest BCUT2D eigenvalue weighted by Crippen LogP contribution is 2.07. The van der Waals surface area contributed by atoms with Crippen molar-refractivity contribution in [2.45, 2.75) is 33.4 Å². The van der Waals surface area contributed by atoms with Crippen LogP contribution in [0, 0.1) is 6.92 Å². The molecule has 0 aliphatic rings. The summed E-state index contributed by atoms with van der Waals surface area (Å²) in [4.78, 5) is 20.3. The van der Waals surface area contributed by atoms with Gasteiger partial charge in [-0.2, -0.15) is 0 Å². The Morgan fingerprint density at radius 1 is 1.28 bits per heavy atom. The quantitative estimate of drug-likeness (QED) is 0.794. The lowest BCUT2D eigenvalue weighted by atomic mass is 10.4. The summed E-state index contributed by atoms with van der Waals surface area (Å²) in [6, 6.07) is 1.69. The van der Waals surface area contributed by atoms with Crippen LogP contribution >= 0.6 is 11.6 Å². The number of aryl methyl sites for hydroxylation is 2. The van der Waals surface area contributed by atoms with E-state index in [4.69, 9.17) is 11.6 Å². The van der Waals surface area contributed by atoms with Gasteiger partial charge in [-0.3, -0.25) is 9.13 Å². The molecule has 2 heterocycles. The van der Waals surface area contributed by atoms with Gasteiger partial charge in [0.15, 0.2) is 0 Å². The van der Waals surface area contributed by atoms with Crippen LogP contribution in [0.4, 0.5) is 0 Å². The number of hydrogen-bond donors (Lipinski definition) is 0. The average Bonchev–Trinajstić information content (AvgIpc) is 2.61. The molecule has 0 saturated carbocycles. The Bertz CT molecular complexity index is 582. The van der Waals surface area contributed by atoms with Crippen LogP contribution in [0.2, 0.25) is 5.15 Å². The maximum absolute atomic E-state index is 12.0. The molecular weight excluding hydrogens is 252 g/mol. The van der Waals surface area contributed by atoms with Crippen LogP contribution in [0.3, 0.4) is 0 Å². The Labute approximate surface area is 110 Å². The molecule has 0 aromatic carbocycles. The van der Waals surface area contributed by atoms with E-state index < -0.39 is 0 Å². The first-order valence-corrected chi connectivity index (χ1v) is 6.23. The fourth-order valence-electron chi connectivity index (χ4n) is 1.80. The fraction of sp³-hybridized carbons (Fsp3) is 0.417. The highest BCUT2D eigenvalue weighted by Gasteiger charge is 2.06. The largest absolute Gasteiger partial charge is 0.328 e. The monoisotopic (exact) mass is 266 g/mol. The van der Waals surface area contributed by atoms with Gasteiger partial charge in [-0.25, -0.2) is 14.8 Å². The SMILES string of the molecule is CCCn1ccn(Cc2nc(C)cc(Cl)n2)c1=O. The van der Waals surface area contributed by atoms with Crippen molar-refractivity contribution in [1.82, 2.24) is 19.1 Å². The Kier molecular flexibility index (Phi) is 3.81. The molecule has 96 valence electrons. The van der Waals surface area contributed by atoms with E-state index in [-0.39, 0.29) is 5.69 Å². The first-order valence-electron chi connectivity index (χ1n) is 5.85. The van der Waals surface area contributed by atoms with Gasteiger partial charge in [0.2, 0.25) is 0 Å². The van der Waals surface area contributed by atoms with Crippen LogP contribution in [0.15, 0.2) is 23.3 Å². The molecule has 0 aliphatic heterocycles. The van der Waals surface area contributed by atoms with Crippen LogP contribution < -0.4 is 5.69 Å². The number of imidazole rings is 1. The minimum atomic E-state index is -0.0434. The van der Waals surface area contributed by atoms with Gasteiger partial charge >= 0.3 is 5.69 Å². The summed E-state index contributed by atoms with van der Waals surface area (Å²) in [6.07, 6.45) is 4.46. The highest BCUT2D eigenvalue weighted by molar-refractivity contribution is 6.29. The predicted molar refractivity (Wildman–Crippen MR) is 69.9 cm³/mol. The minimum Gasteiger partial charge on any atom is -0.299 e. The molecular formula is C12H15ClN4O. The zero-order valence-electron chi connectivity index (χ0n) is 10.4. The van der Waals surface area contributed by atoms with E-state index >= 15 is 0 Å². The second kappa shape index (κ2) is 5.35. The van der Waals surface area contributed by atoms with Crippen molar-refractivity contribution in [2.24, 2.45) is 0 Å². The Balaban J connectivity index is 2.26. The molecule has 2 rings (SSSR count). The Hall–Kier alpha value is -1.62. The molecule has 0 radical (unpaired) electrons. The third-order valence-corrected chi connectivity index (χ3v) is 2.76. The summed E-state index contributed by atoms with van der Waals surface area (Å²) < 4.78 is 3.26. The van der Waals surface area contributed by atoms with Crippen molar-refractivity contribution in [3.05, 3.63) is 45.6 Å². The molecule has 5 nitrogen and oxygen atoms in total. The number of rotatable bonds is 4. The van der Waals surface area contributed by atoms with E-state index in [9.17, 15) is 4.79 Å². The molecule has 0 amide bonds. The second-order valence-corrected chi connectivity index (χ2v) is 4.54. The van der Waals surface area contributed by atoms with Gasteiger partial charge in [0.1, 0.15) is 11.0 Å². The molecule has 2 aromatic heterocycles. The van der Waals surface area contributed by atoms with Crippen molar-refractivity contribution in [1.29, 1.82) is 0 Å². The van der Waals surface area contributed by atoms with Gasteiger partial charge in [-0.05, 0) is 19.4 Å². The van der Waals surface area contributed by atoms with Crippen LogP contribution in [0.25, 0.3) is 0 Å². The highest BCUT2D eigenvalue weighted by atomic mass is 35.5. The zero-order chi connectivity index (χ0) is 13.1. The third kappa shape index (κ3) is 2.79. The zero-order valence-corrected chi connectivity index (χ0v) is 11.2. The van der Waals surface area contributed by atoms with Crippen molar-refractivity contribution in [3.8, 4) is 0 Å². The summed E-state index contributed by atoms with van der Waals surface area (Å²) in [5, 5.41) is 0.401. The lowest BCUT2D eigenvalue weighted by Gasteiger charge is -2.03. The summed E-state index contributed by atoms with van der Waals surface area (Å²) in [7, 11) is 0. The number of hydrogen-bond acceptors (Lipinski definition) is 3. The summed E-state index contributed by atoms with van der Waals surface area (Å²) in [6.45, 7) is 4.95. The van der Waals surface area contributed by atoms with Gasteiger partial charge in [-0.15, -0.1) is 0 Å². The molecule has 0 bridgehead atoms. The summed E-state index contributed by atoms with van der Waals surface area (Å²) >= 11 is 5.87. The number of aromatic nitrogens is 4. The van der Waals surface area contributed by atoms with Crippen molar-refractivity contribution in [2.75, 3.05) is 0 Å². The fourth-order valence-corrected chi connectivity index (χ4v) is 2.05. The van der Waals surface area contributed by atoms with Gasteiger partial charge in [-0.1, -0.05) is 18.5 Å². The van der Waals surface area contributed by atoms with Crippen molar-refractivity contribution in [3.63, 3.8) is 0 Å². The first-order chi connectivity index (χ1) is 8.60. The predicted octanol–water partition coefficient (Wildman–Crippen LogP) is 1.86. The summed E-state index contributed by atoms with van der Waals surface area (Å²) in [5.41, 5.74) is 0.754. The van der Waals surface area contributed by atoms with E-state index in [1.807, 2.05) is 13.8 Å². The minimum absolute atomic E-state index is 0.0434. The molecule has 0 N–H and O–H groups in total. The van der Waals surface area contributed by atoms with Crippen LogP contribution in [-0.2, 0) is 13.1 Å². The standard InChI is InChI=1S/C12H15ClN4O/c1-3-4-16-5-6-17(12(16)18)8-11-14-9(2)7-10(13)15-11/h5-7H,3-4,8H2,1-2H3. The molecule has 0 aliphatic carbocycles. The van der Waals surface area contributed by atoms with Crippen LogP contribution in [0.5, 0.6) is 0 Å².